The molecule has 1 amide bonds. The average Bonchev–Trinajstić information content (AvgIpc) is 1.77. The van der Waals surface area contributed by atoms with E-state index < -0.39 is 0 Å². The van der Waals surface area contributed by atoms with E-state index in [2.05, 4.69) is 102 Å². The van der Waals surface area contributed by atoms with Crippen LogP contribution in [0.3, 0.4) is 0 Å². The number of carbonyl (C=O) groups excluding carboxylic acids is 1. The number of benzene rings is 6. The number of carbonyl (C=O) groups is 1. The van der Waals surface area contributed by atoms with Crippen LogP contribution in [-0.2, 0) is 43.7 Å². The maximum atomic E-state index is 14.6. The summed E-state index contributed by atoms with van der Waals surface area (Å²) in [4.78, 5) is 41.8. The predicted molar refractivity (Wildman–Crippen MR) is 374 cm³/mol. The Balaban J connectivity index is 0.000000116. The quantitative estimate of drug-likeness (QED) is 0.0607. The molecule has 2 unspecified atom stereocenters. The Bertz CT molecular complexity index is 4870. The Kier molecular flexibility index (Phi) is 16.9. The number of fused-ring (bicyclic) bond motifs is 6. The lowest BCUT2D eigenvalue weighted by molar-refractivity contribution is -0.128. The van der Waals surface area contributed by atoms with Gasteiger partial charge in [0.05, 0.1) is 49.4 Å². The van der Waals surface area contributed by atoms with Crippen molar-refractivity contribution in [1.82, 2.24) is 58.6 Å². The molecule has 12 aromatic rings. The summed E-state index contributed by atoms with van der Waals surface area (Å²) in [6, 6.07) is 36.0. The molecule has 0 spiro atoms. The lowest BCUT2D eigenvalue weighted by Crippen LogP contribution is -2.41. The largest absolute Gasteiger partial charge is 0.493 e. The van der Waals surface area contributed by atoms with Crippen LogP contribution in [0.25, 0.3) is 50.3 Å². The first kappa shape index (κ1) is 62.9. The third-order valence-corrected chi connectivity index (χ3v) is 19.9. The number of rotatable bonds is 15. The molecule has 6 aliphatic rings. The Morgan fingerprint density at radius 3 is 1.20 bits per heavy atom. The highest BCUT2D eigenvalue weighted by Gasteiger charge is 2.29. The molecule has 0 saturated carbocycles. The second-order valence-electron chi connectivity index (χ2n) is 26.2. The molecule has 6 aromatic heterocycles. The number of anilines is 3. The van der Waals surface area contributed by atoms with Crippen LogP contribution in [0, 0.1) is 38.2 Å². The maximum Gasteiger partial charge on any atom is 0.222 e. The van der Waals surface area contributed by atoms with Crippen molar-refractivity contribution in [2.24, 2.45) is 0 Å². The third kappa shape index (κ3) is 12.4. The molecule has 3 fully saturated rings. The lowest BCUT2D eigenvalue weighted by Gasteiger charge is -2.38. The van der Waals surface area contributed by atoms with E-state index >= 15 is 0 Å². The van der Waals surface area contributed by atoms with Gasteiger partial charge in [-0.15, -0.1) is 0 Å². The zero-order chi connectivity index (χ0) is 67.4. The highest BCUT2D eigenvalue weighted by Crippen LogP contribution is 2.38. The summed E-state index contributed by atoms with van der Waals surface area (Å²) in [5.41, 5.74) is 19.5. The first-order chi connectivity index (χ1) is 48.3. The zero-order valence-electron chi connectivity index (χ0n) is 55.4. The number of likely N-dealkylation sites (tertiary alicyclic amines) is 1. The number of halogens is 3. The van der Waals surface area contributed by atoms with E-state index in [-0.39, 0.29) is 29.4 Å². The second-order valence-corrected chi connectivity index (χ2v) is 26.2. The monoisotopic (exact) mass is 1330 g/mol. The van der Waals surface area contributed by atoms with Crippen molar-refractivity contribution in [3.05, 3.63) is 231 Å². The minimum atomic E-state index is -0.246. The van der Waals surface area contributed by atoms with Crippen molar-refractivity contribution in [1.29, 1.82) is 0 Å². The number of hydrogen-bond donors (Lipinski definition) is 5. The summed E-state index contributed by atoms with van der Waals surface area (Å²) in [6.45, 7) is 10.9. The van der Waals surface area contributed by atoms with E-state index in [9.17, 15) is 18.0 Å². The zero-order valence-corrected chi connectivity index (χ0v) is 55.4. The molecule has 5 N–H and O–H groups in total. The van der Waals surface area contributed by atoms with Crippen LogP contribution in [0.2, 0.25) is 0 Å². The topological polar surface area (TPSA) is 199 Å². The molecule has 99 heavy (non-hydrogen) atoms. The number of nitrogens with one attached hydrogen (secondary N) is 5. The second kappa shape index (κ2) is 26.5. The molecule has 18 rings (SSSR count). The standard InChI is InChI=1S/2C26H26FN5O.C25H22FN5O2/c1-16-15-32-25(30-16)20(17-3-5-18(6-4-17)23-9-11-31(23)2)13-28-26(32)29-14-21-19-10-12-33-24(19)8-7-22(21)27;1-16-15-32-25(31-16)20(17-4-6-18(7-5-17)23-3-2-11-28-23)13-29-26(32)30-14-21-19-10-12-33-24(19)9-8-22(21)27;1-14-13-31-24(29-14)18(15-2-4-16(5-3-15)21-10-23(32)30-21)11-27-25(31)28-12-19-17-8-9-33-22(17)7-6-20(19)26/h3-8,13,15,23H,9-12,14H2,1-2H3,(H,28,29);4-9,13,15,23,28H,2-3,10-12,14H2,1H3,(H,29,30);2-7,11,13,21H,8-10,12H2,1H3,(H,27,28)(H,30,32)/t;23-;/m.1./s1. The minimum Gasteiger partial charge on any atom is -0.493 e. The summed E-state index contributed by atoms with van der Waals surface area (Å²) >= 11 is 0. The van der Waals surface area contributed by atoms with Crippen LogP contribution >= 0.6 is 0 Å². The molecule has 22 heteroatoms. The number of imidazole rings is 3. The van der Waals surface area contributed by atoms with Gasteiger partial charge in [0.1, 0.15) is 51.6 Å². The van der Waals surface area contributed by atoms with Gasteiger partial charge in [-0.05, 0) is 123 Å². The normalized spacial score (nSPS) is 17.2. The van der Waals surface area contributed by atoms with Crippen LogP contribution in [0.4, 0.5) is 31.0 Å². The van der Waals surface area contributed by atoms with E-state index in [1.165, 1.54) is 48.6 Å². The summed E-state index contributed by atoms with van der Waals surface area (Å²) in [5.74, 6) is 3.56. The molecule has 6 aromatic carbocycles. The van der Waals surface area contributed by atoms with Gasteiger partial charge in [-0.2, -0.15) is 0 Å². The number of nitrogens with zero attached hydrogens (tertiary/aromatic N) is 10. The average molecular weight is 1330 g/mol. The number of amides is 1. The Labute approximate surface area is 569 Å². The predicted octanol–water partition coefficient (Wildman–Crippen LogP) is 13.5. The van der Waals surface area contributed by atoms with Gasteiger partial charge in [0.15, 0.2) is 0 Å². The highest BCUT2D eigenvalue weighted by molar-refractivity contribution is 5.84. The van der Waals surface area contributed by atoms with Crippen LogP contribution in [0.5, 0.6) is 17.2 Å². The van der Waals surface area contributed by atoms with Gasteiger partial charge >= 0.3 is 0 Å². The van der Waals surface area contributed by atoms with E-state index in [0.717, 1.165) is 133 Å². The van der Waals surface area contributed by atoms with Crippen molar-refractivity contribution < 1.29 is 32.2 Å². The molecule has 0 bridgehead atoms. The lowest BCUT2D eigenvalue weighted by atomic mass is 9.94. The summed E-state index contributed by atoms with van der Waals surface area (Å²) in [5, 5.41) is 16.4. The molecule has 19 nitrogen and oxygen atoms in total. The van der Waals surface area contributed by atoms with Crippen molar-refractivity contribution >= 4 is 40.7 Å². The van der Waals surface area contributed by atoms with Crippen molar-refractivity contribution in [3.8, 4) is 50.6 Å². The summed E-state index contributed by atoms with van der Waals surface area (Å²) in [6.07, 6.45) is 17.6. The van der Waals surface area contributed by atoms with E-state index in [1.807, 2.05) is 89.2 Å². The third-order valence-electron chi connectivity index (χ3n) is 19.9. The molecule has 0 radical (unpaired) electrons. The fourth-order valence-electron chi connectivity index (χ4n) is 14.5. The molecule has 502 valence electrons. The number of aromatic nitrogens is 9. The molecule has 12 heterocycles. The van der Waals surface area contributed by atoms with Crippen LogP contribution in [-0.4, -0.2) is 93.9 Å². The van der Waals surface area contributed by atoms with Gasteiger partial charge in [0, 0.05) is 145 Å². The number of aryl methyl sites for hydroxylation is 3. The summed E-state index contributed by atoms with van der Waals surface area (Å²) < 4.78 is 66.2. The van der Waals surface area contributed by atoms with Crippen molar-refractivity contribution in [2.45, 2.75) is 103 Å². The number of β-lactam (4-membered cyclic amide) rings is 1. The smallest absolute Gasteiger partial charge is 0.222 e. The number of ether oxygens (including phenoxy) is 3. The minimum absolute atomic E-state index is 0.0822. The Morgan fingerprint density at radius 1 is 0.495 bits per heavy atom. The van der Waals surface area contributed by atoms with Gasteiger partial charge in [-0.3, -0.25) is 22.9 Å². The molecule has 3 atom stereocenters. The first-order valence-corrected chi connectivity index (χ1v) is 33.9. The van der Waals surface area contributed by atoms with Crippen molar-refractivity contribution in [2.75, 3.05) is 55.9 Å². The fourth-order valence-corrected chi connectivity index (χ4v) is 14.5. The van der Waals surface area contributed by atoms with Crippen molar-refractivity contribution in [3.63, 3.8) is 0 Å². The SMILES string of the molecule is Cc1cn2c(NCc3c(F)ccc4c3CCO4)ncc(-c3ccc(C4CC(=O)N4)cc3)c2n1.Cc1cn2c(NCc3c(F)ccc4c3CCO4)ncc(-c3ccc(C4CCN4C)cc3)c2n1.Cc1cn2c(NCc3c(F)ccc4c3CCO4)ncc(-c3ccc([C@H]4CCCN4)cc3)c2n1. The number of hydrogen-bond acceptors (Lipinski definition) is 15. The fraction of sp³-hybridized carbons (Fsp3) is 0.286. The summed E-state index contributed by atoms with van der Waals surface area (Å²) in [7, 11) is 2.16. The van der Waals surface area contributed by atoms with Crippen LogP contribution in [0.1, 0.15) is 111 Å². The molecular weight excluding hydrogens is 1260 g/mol. The molecule has 6 aliphatic heterocycles. The highest BCUT2D eigenvalue weighted by atomic mass is 19.1. The Morgan fingerprint density at radius 2 is 0.869 bits per heavy atom. The Hall–Kier alpha value is -10.8. The van der Waals surface area contributed by atoms with Gasteiger partial charge in [0.25, 0.3) is 0 Å². The van der Waals surface area contributed by atoms with E-state index in [0.29, 0.717) is 98.9 Å². The van der Waals surface area contributed by atoms with E-state index in [4.69, 9.17) is 29.2 Å². The maximum absolute atomic E-state index is 14.6. The van der Waals surface area contributed by atoms with E-state index in [1.54, 1.807) is 24.4 Å². The molecule has 3 saturated heterocycles. The van der Waals surface area contributed by atoms with Crippen LogP contribution in [0.15, 0.2) is 146 Å². The van der Waals surface area contributed by atoms with Gasteiger partial charge in [-0.25, -0.2) is 43.1 Å². The first-order valence-electron chi connectivity index (χ1n) is 33.9. The van der Waals surface area contributed by atoms with Gasteiger partial charge in [0.2, 0.25) is 23.8 Å². The molecule has 0 aliphatic carbocycles. The van der Waals surface area contributed by atoms with Gasteiger partial charge < -0.3 is 40.8 Å². The molecular formula is C77H74F3N15O4. The van der Waals surface area contributed by atoms with Gasteiger partial charge in [-0.1, -0.05) is 72.8 Å². The van der Waals surface area contributed by atoms with Crippen LogP contribution < -0.4 is 40.8 Å².